The molecule has 0 aliphatic heterocycles. The van der Waals surface area contributed by atoms with Crippen LogP contribution in [0.1, 0.15) is 6.92 Å². The fourth-order valence-corrected chi connectivity index (χ4v) is 0.281. The highest BCUT2D eigenvalue weighted by molar-refractivity contribution is 5.08. The van der Waals surface area contributed by atoms with E-state index in [-0.39, 0.29) is 0 Å². The monoisotopic (exact) mass is 112 g/mol. The van der Waals surface area contributed by atoms with Gasteiger partial charge >= 0.3 is 0 Å². The molecule has 0 aromatic heterocycles. The number of allylic oxidation sites excluding steroid dienone is 5. The van der Waals surface area contributed by atoms with E-state index in [0.29, 0.717) is 6.33 Å². The number of rotatable bonds is 2. The molecule has 0 unspecified atom stereocenters. The van der Waals surface area contributed by atoms with E-state index in [9.17, 15) is 4.39 Å². The van der Waals surface area contributed by atoms with Gasteiger partial charge in [0.1, 0.15) is 0 Å². The Kier molecular flexibility index (Phi) is 5.50. The van der Waals surface area contributed by atoms with E-state index in [0.717, 1.165) is 0 Å². The Balaban J connectivity index is 3.35. The van der Waals surface area contributed by atoms with Gasteiger partial charge in [0.05, 0.1) is 6.33 Å². The quantitative estimate of drug-likeness (QED) is 0.481. The average Bonchev–Trinajstić information content (AvgIpc) is 1.81. The second-order valence-corrected chi connectivity index (χ2v) is 1.23. The van der Waals surface area contributed by atoms with Crippen molar-refractivity contribution in [3.8, 4) is 0 Å². The first-order chi connectivity index (χ1) is 3.91. The van der Waals surface area contributed by atoms with Gasteiger partial charge in [-0.25, -0.2) is 4.39 Å². The highest BCUT2D eigenvalue weighted by atomic mass is 19.1. The summed E-state index contributed by atoms with van der Waals surface area (Å²) in [6.45, 7) is 1.91. The fraction of sp³-hybridized carbons (Fsp3) is 0.143. The maximum absolute atomic E-state index is 11.2. The molecule has 0 aliphatic rings. The second-order valence-electron chi connectivity index (χ2n) is 1.23. The lowest BCUT2D eigenvalue weighted by Crippen LogP contribution is -1.45. The molecule has 0 fully saturated rings. The summed E-state index contributed by atoms with van der Waals surface area (Å²) in [6, 6.07) is 0. The predicted octanol–water partition coefficient (Wildman–Crippen LogP) is 2.60. The zero-order chi connectivity index (χ0) is 6.24. The Morgan fingerprint density at radius 3 is 2.12 bits per heavy atom. The van der Waals surface area contributed by atoms with Crippen molar-refractivity contribution in [1.82, 2.24) is 0 Å². The van der Waals surface area contributed by atoms with Gasteiger partial charge in [0.25, 0.3) is 0 Å². The van der Waals surface area contributed by atoms with E-state index >= 15 is 0 Å². The summed E-state index contributed by atoms with van der Waals surface area (Å²) in [7, 11) is 0. The molecule has 0 saturated carbocycles. The average molecular weight is 112 g/mol. The van der Waals surface area contributed by atoms with Crippen molar-refractivity contribution >= 4 is 0 Å². The van der Waals surface area contributed by atoms with Crippen molar-refractivity contribution in [2.24, 2.45) is 0 Å². The molecule has 0 bridgehead atoms. The maximum Gasteiger partial charge on any atom is 0.0866 e. The zero-order valence-electron chi connectivity index (χ0n) is 4.84. The van der Waals surface area contributed by atoms with Crippen LogP contribution in [0.15, 0.2) is 36.7 Å². The Labute approximate surface area is 49.0 Å². The Hall–Kier alpha value is -0.850. The molecule has 0 aromatic rings. The van der Waals surface area contributed by atoms with Crippen molar-refractivity contribution in [2.45, 2.75) is 6.92 Å². The van der Waals surface area contributed by atoms with Crippen molar-refractivity contribution in [1.29, 1.82) is 0 Å². The van der Waals surface area contributed by atoms with Crippen LogP contribution in [0.2, 0.25) is 0 Å². The number of halogens is 1. The number of hydrogen-bond acceptors (Lipinski definition) is 0. The summed E-state index contributed by atoms with van der Waals surface area (Å²) in [5, 5.41) is 0. The molecular formula is C7H9F. The minimum absolute atomic E-state index is 0.500. The number of hydrogen-bond donors (Lipinski definition) is 0. The van der Waals surface area contributed by atoms with E-state index in [1.165, 1.54) is 6.08 Å². The van der Waals surface area contributed by atoms with Crippen LogP contribution in [0.5, 0.6) is 0 Å². The van der Waals surface area contributed by atoms with Gasteiger partial charge in [0, 0.05) is 0 Å². The van der Waals surface area contributed by atoms with Crippen LogP contribution < -0.4 is 0 Å². The molecule has 0 saturated heterocycles. The topological polar surface area (TPSA) is 0 Å². The normalized spacial score (nSPS) is 12.8. The first-order valence-corrected chi connectivity index (χ1v) is 2.46. The molecule has 0 spiro atoms. The van der Waals surface area contributed by atoms with E-state index in [1.807, 2.05) is 19.1 Å². The van der Waals surface area contributed by atoms with Gasteiger partial charge in [-0.1, -0.05) is 24.3 Å². The predicted molar refractivity (Wildman–Crippen MR) is 34.2 cm³/mol. The molecule has 0 aliphatic carbocycles. The van der Waals surface area contributed by atoms with Crippen LogP contribution in [0.25, 0.3) is 0 Å². The largest absolute Gasteiger partial charge is 0.216 e. The summed E-state index contributed by atoms with van der Waals surface area (Å²) >= 11 is 0. The lowest BCUT2D eigenvalue weighted by Gasteiger charge is -1.66. The highest BCUT2D eigenvalue weighted by Crippen LogP contribution is 1.78. The first-order valence-electron chi connectivity index (χ1n) is 2.46. The van der Waals surface area contributed by atoms with Crippen LogP contribution in [-0.4, -0.2) is 0 Å². The van der Waals surface area contributed by atoms with Crippen molar-refractivity contribution in [2.75, 3.05) is 0 Å². The van der Waals surface area contributed by atoms with Crippen LogP contribution >= 0.6 is 0 Å². The van der Waals surface area contributed by atoms with Crippen LogP contribution in [-0.2, 0) is 0 Å². The standard InChI is InChI=1S/C7H9F/c1-2-3-4-5-6-7-8/h2-7H,1H3/b3-2-,5-4-,7-6+. The highest BCUT2D eigenvalue weighted by Gasteiger charge is 1.57. The molecule has 0 aromatic carbocycles. The minimum Gasteiger partial charge on any atom is -0.216 e. The summed E-state index contributed by atoms with van der Waals surface area (Å²) < 4.78 is 11.2. The molecule has 1 heteroatoms. The van der Waals surface area contributed by atoms with E-state index in [4.69, 9.17) is 0 Å². The summed E-state index contributed by atoms with van der Waals surface area (Å²) in [6.07, 6.45) is 8.93. The third-order valence-corrected chi connectivity index (χ3v) is 0.599. The molecule has 0 atom stereocenters. The molecular weight excluding hydrogens is 103 g/mol. The lowest BCUT2D eigenvalue weighted by molar-refractivity contribution is 0.721. The third kappa shape index (κ3) is 5.15. The van der Waals surface area contributed by atoms with E-state index in [1.54, 1.807) is 12.2 Å². The van der Waals surface area contributed by atoms with Gasteiger partial charge in [-0.3, -0.25) is 0 Å². The molecule has 44 valence electrons. The van der Waals surface area contributed by atoms with Gasteiger partial charge in [-0.05, 0) is 13.0 Å². The van der Waals surface area contributed by atoms with Crippen LogP contribution in [0.3, 0.4) is 0 Å². The Morgan fingerprint density at radius 2 is 1.62 bits per heavy atom. The molecule has 0 N–H and O–H groups in total. The van der Waals surface area contributed by atoms with Gasteiger partial charge in [0.15, 0.2) is 0 Å². The zero-order valence-corrected chi connectivity index (χ0v) is 4.84. The summed E-state index contributed by atoms with van der Waals surface area (Å²) in [5.74, 6) is 0. The van der Waals surface area contributed by atoms with Crippen molar-refractivity contribution in [3.05, 3.63) is 36.7 Å². The molecule has 0 nitrogen and oxygen atoms in total. The third-order valence-electron chi connectivity index (χ3n) is 0.599. The van der Waals surface area contributed by atoms with E-state index < -0.39 is 0 Å². The van der Waals surface area contributed by atoms with Crippen LogP contribution in [0, 0.1) is 0 Å². The van der Waals surface area contributed by atoms with Crippen LogP contribution in [0.4, 0.5) is 4.39 Å². The summed E-state index contributed by atoms with van der Waals surface area (Å²) in [4.78, 5) is 0. The Morgan fingerprint density at radius 1 is 1.00 bits per heavy atom. The molecule has 0 amide bonds. The van der Waals surface area contributed by atoms with Crippen molar-refractivity contribution < 1.29 is 4.39 Å². The van der Waals surface area contributed by atoms with Crippen molar-refractivity contribution in [3.63, 3.8) is 0 Å². The molecule has 0 radical (unpaired) electrons. The molecule has 0 rings (SSSR count). The SMILES string of the molecule is C\C=C/C=C\C=C\F. The first kappa shape index (κ1) is 7.15. The minimum atomic E-state index is 0.500. The van der Waals surface area contributed by atoms with Gasteiger partial charge in [-0.15, -0.1) is 0 Å². The summed E-state index contributed by atoms with van der Waals surface area (Å²) in [5.41, 5.74) is 0. The van der Waals surface area contributed by atoms with Gasteiger partial charge < -0.3 is 0 Å². The lowest BCUT2D eigenvalue weighted by atomic mass is 10.4. The van der Waals surface area contributed by atoms with Gasteiger partial charge in [-0.2, -0.15) is 0 Å². The smallest absolute Gasteiger partial charge is 0.0866 e. The Bertz CT molecular complexity index is 95.6. The van der Waals surface area contributed by atoms with Gasteiger partial charge in [0.2, 0.25) is 0 Å². The molecule has 0 heterocycles. The molecule has 8 heavy (non-hydrogen) atoms. The fourth-order valence-electron chi connectivity index (χ4n) is 0.281. The maximum atomic E-state index is 11.2. The second kappa shape index (κ2) is 6.15. The van der Waals surface area contributed by atoms with E-state index in [2.05, 4.69) is 0 Å².